The third-order valence-electron chi connectivity index (χ3n) is 1.70. The van der Waals surface area contributed by atoms with Crippen LogP contribution in [0.1, 0.15) is 6.42 Å². The fourth-order valence-electron chi connectivity index (χ4n) is 0.859. The highest BCUT2D eigenvalue weighted by atomic mass is 16.7. The lowest BCUT2D eigenvalue weighted by molar-refractivity contribution is -0.140. The second-order valence-corrected chi connectivity index (χ2v) is 2.85. The van der Waals surface area contributed by atoms with Crippen molar-refractivity contribution in [1.29, 1.82) is 0 Å². The normalized spacial score (nSPS) is 12.5. The molecule has 0 rings (SSSR count). The van der Waals surface area contributed by atoms with E-state index in [1.54, 1.807) is 0 Å². The molecule has 0 aliphatic heterocycles. The van der Waals surface area contributed by atoms with Gasteiger partial charge in [-0.2, -0.15) is 0 Å². The molecule has 0 aromatic heterocycles. The van der Waals surface area contributed by atoms with Crippen LogP contribution >= 0.6 is 0 Å². The van der Waals surface area contributed by atoms with E-state index in [1.165, 1.54) is 14.2 Å². The highest BCUT2D eigenvalue weighted by molar-refractivity contribution is 5.85. The minimum atomic E-state index is -1.12. The number of carbonyl (C=O) groups excluding carboxylic acids is 1. The first-order valence-corrected chi connectivity index (χ1v) is 4.32. The summed E-state index contributed by atoms with van der Waals surface area (Å²) in [5.41, 5.74) is 5.31. The molecule has 0 saturated carbocycles. The van der Waals surface area contributed by atoms with Crippen LogP contribution in [-0.2, 0) is 19.1 Å². The van der Waals surface area contributed by atoms with Gasteiger partial charge < -0.3 is 25.6 Å². The van der Waals surface area contributed by atoms with E-state index in [0.717, 1.165) is 0 Å². The molecular weight excluding hydrogens is 204 g/mol. The van der Waals surface area contributed by atoms with Gasteiger partial charge in [0, 0.05) is 14.2 Å². The molecule has 0 spiro atoms. The fourth-order valence-corrected chi connectivity index (χ4v) is 0.859. The number of aliphatic carboxylic acids is 1. The number of hydrogen-bond acceptors (Lipinski definition) is 5. The Hall–Kier alpha value is -1.18. The second kappa shape index (κ2) is 7.16. The molecule has 88 valence electrons. The van der Waals surface area contributed by atoms with E-state index in [4.69, 9.17) is 20.3 Å². The van der Waals surface area contributed by atoms with Crippen molar-refractivity contribution in [1.82, 2.24) is 5.32 Å². The van der Waals surface area contributed by atoms with Crippen molar-refractivity contribution in [3.05, 3.63) is 0 Å². The number of nitrogens with one attached hydrogen (secondary N) is 1. The molecule has 1 atom stereocenters. The number of carbonyl (C=O) groups is 2. The molecule has 0 saturated heterocycles. The maximum Gasteiger partial charge on any atom is 0.305 e. The molecule has 7 heteroatoms. The smallest absolute Gasteiger partial charge is 0.305 e. The molecule has 0 fully saturated rings. The lowest BCUT2D eigenvalue weighted by atomic mass is 10.2. The Labute approximate surface area is 87.5 Å². The molecule has 4 N–H and O–H groups in total. The second-order valence-electron chi connectivity index (χ2n) is 2.85. The summed E-state index contributed by atoms with van der Waals surface area (Å²) in [5.74, 6) is -1.66. The topological polar surface area (TPSA) is 111 Å². The molecule has 0 aromatic rings. The van der Waals surface area contributed by atoms with Gasteiger partial charge in [-0.05, 0) is 0 Å². The van der Waals surface area contributed by atoms with Crippen LogP contribution in [0.25, 0.3) is 0 Å². The fraction of sp³-hybridized carbons (Fsp3) is 0.750. The summed E-state index contributed by atoms with van der Waals surface area (Å²) in [4.78, 5) is 21.5. The summed E-state index contributed by atoms with van der Waals surface area (Å²) in [6.45, 7) is 0.124. The standard InChI is InChI=1S/C8H16N2O5/c1-14-7(15-2)4-10-8(13)5(9)3-6(11)12/h5,7H,3-4,9H2,1-2H3,(H,10,13)(H,11,12). The van der Waals surface area contributed by atoms with E-state index in [0.29, 0.717) is 0 Å². The summed E-state index contributed by atoms with van der Waals surface area (Å²) in [5, 5.41) is 10.8. The van der Waals surface area contributed by atoms with Crippen molar-refractivity contribution in [2.75, 3.05) is 20.8 Å². The Bertz CT molecular complexity index is 217. The number of ether oxygens (including phenoxy) is 2. The summed E-state index contributed by atoms with van der Waals surface area (Å²) in [6.07, 6.45) is -0.970. The third-order valence-corrected chi connectivity index (χ3v) is 1.70. The minimum absolute atomic E-state index is 0.124. The van der Waals surface area contributed by atoms with E-state index in [-0.39, 0.29) is 6.54 Å². The Morgan fingerprint density at radius 2 is 1.93 bits per heavy atom. The molecule has 0 bridgehead atoms. The van der Waals surface area contributed by atoms with Gasteiger partial charge in [0.25, 0.3) is 0 Å². The Morgan fingerprint density at radius 1 is 1.40 bits per heavy atom. The van der Waals surface area contributed by atoms with Crippen molar-refractivity contribution >= 4 is 11.9 Å². The van der Waals surface area contributed by atoms with Crippen molar-refractivity contribution in [3.63, 3.8) is 0 Å². The average Bonchev–Trinajstić information content (AvgIpc) is 2.18. The monoisotopic (exact) mass is 220 g/mol. The van der Waals surface area contributed by atoms with Gasteiger partial charge in [-0.25, -0.2) is 0 Å². The molecule has 0 aromatic carbocycles. The Balaban J connectivity index is 3.86. The van der Waals surface area contributed by atoms with Crippen molar-refractivity contribution in [2.45, 2.75) is 18.8 Å². The van der Waals surface area contributed by atoms with Crippen LogP contribution in [0, 0.1) is 0 Å². The molecule has 0 heterocycles. The molecule has 1 unspecified atom stereocenters. The number of methoxy groups -OCH3 is 2. The molecule has 0 aliphatic carbocycles. The molecule has 1 amide bonds. The summed E-state index contributed by atoms with van der Waals surface area (Å²) in [6, 6.07) is -1.06. The van der Waals surface area contributed by atoms with Gasteiger partial charge in [-0.3, -0.25) is 9.59 Å². The van der Waals surface area contributed by atoms with Gasteiger partial charge in [0.1, 0.15) is 0 Å². The van der Waals surface area contributed by atoms with Crippen LogP contribution in [0.15, 0.2) is 0 Å². The van der Waals surface area contributed by atoms with Crippen LogP contribution in [0.2, 0.25) is 0 Å². The maximum absolute atomic E-state index is 11.2. The zero-order valence-electron chi connectivity index (χ0n) is 8.73. The van der Waals surface area contributed by atoms with Crippen molar-refractivity contribution in [3.8, 4) is 0 Å². The van der Waals surface area contributed by atoms with Crippen molar-refractivity contribution in [2.24, 2.45) is 5.73 Å². The number of amides is 1. The first-order chi connectivity index (χ1) is 7.01. The number of hydrogen-bond donors (Lipinski definition) is 3. The van der Waals surface area contributed by atoms with E-state index in [1.807, 2.05) is 0 Å². The van der Waals surface area contributed by atoms with Crippen LogP contribution in [0.5, 0.6) is 0 Å². The molecule has 0 aliphatic rings. The third kappa shape index (κ3) is 6.00. The maximum atomic E-state index is 11.2. The molecule has 0 radical (unpaired) electrons. The quantitative estimate of drug-likeness (QED) is 0.451. The SMILES string of the molecule is COC(CNC(=O)C(N)CC(=O)O)OC. The number of carboxylic acid groups (broad SMARTS) is 1. The number of rotatable bonds is 7. The van der Waals surface area contributed by atoms with Crippen LogP contribution in [0.3, 0.4) is 0 Å². The van der Waals surface area contributed by atoms with Gasteiger partial charge in [0.05, 0.1) is 19.0 Å². The lowest BCUT2D eigenvalue weighted by Crippen LogP contribution is -2.45. The van der Waals surface area contributed by atoms with Gasteiger partial charge in [-0.1, -0.05) is 0 Å². The van der Waals surface area contributed by atoms with Crippen LogP contribution in [-0.4, -0.2) is 50.1 Å². The van der Waals surface area contributed by atoms with E-state index >= 15 is 0 Å². The average molecular weight is 220 g/mol. The zero-order chi connectivity index (χ0) is 11.8. The van der Waals surface area contributed by atoms with Crippen LogP contribution < -0.4 is 11.1 Å². The predicted octanol–water partition coefficient (Wildman–Crippen LogP) is -1.48. The van der Waals surface area contributed by atoms with Gasteiger partial charge in [0.15, 0.2) is 6.29 Å². The summed E-state index contributed by atoms with van der Waals surface area (Å²) >= 11 is 0. The molecular formula is C8H16N2O5. The summed E-state index contributed by atoms with van der Waals surface area (Å²) < 4.78 is 9.63. The largest absolute Gasteiger partial charge is 0.481 e. The highest BCUT2D eigenvalue weighted by Crippen LogP contribution is 1.91. The lowest BCUT2D eigenvalue weighted by Gasteiger charge is -2.15. The van der Waals surface area contributed by atoms with E-state index in [9.17, 15) is 9.59 Å². The van der Waals surface area contributed by atoms with E-state index in [2.05, 4.69) is 5.32 Å². The first-order valence-electron chi connectivity index (χ1n) is 4.32. The Morgan fingerprint density at radius 3 is 2.33 bits per heavy atom. The highest BCUT2D eigenvalue weighted by Gasteiger charge is 2.17. The predicted molar refractivity (Wildman–Crippen MR) is 51.0 cm³/mol. The molecule has 15 heavy (non-hydrogen) atoms. The Kier molecular flexibility index (Phi) is 6.59. The first kappa shape index (κ1) is 13.8. The van der Waals surface area contributed by atoms with Gasteiger partial charge >= 0.3 is 5.97 Å². The van der Waals surface area contributed by atoms with E-state index < -0.39 is 30.6 Å². The van der Waals surface area contributed by atoms with Crippen molar-refractivity contribution < 1.29 is 24.2 Å². The molecule has 7 nitrogen and oxygen atoms in total. The number of nitrogens with two attached hydrogens (primary N) is 1. The van der Waals surface area contributed by atoms with Gasteiger partial charge in [0.2, 0.25) is 5.91 Å². The zero-order valence-corrected chi connectivity index (χ0v) is 8.73. The van der Waals surface area contributed by atoms with Crippen LogP contribution in [0.4, 0.5) is 0 Å². The summed E-state index contributed by atoms with van der Waals surface area (Å²) in [7, 11) is 2.86. The van der Waals surface area contributed by atoms with Gasteiger partial charge in [-0.15, -0.1) is 0 Å². The number of carboxylic acids is 1. The minimum Gasteiger partial charge on any atom is -0.481 e.